The Morgan fingerprint density at radius 1 is 1.17 bits per heavy atom. The summed E-state index contributed by atoms with van der Waals surface area (Å²) in [6.45, 7) is 1.57. The van der Waals surface area contributed by atoms with Gasteiger partial charge in [0.2, 0.25) is 0 Å². The SMILES string of the molecule is CC(O)(c1ccc(I)cc1)c1ccc(Cl)cc1F. The van der Waals surface area contributed by atoms with Gasteiger partial charge < -0.3 is 5.11 Å². The quantitative estimate of drug-likeness (QED) is 0.773. The van der Waals surface area contributed by atoms with Crippen LogP contribution in [-0.2, 0) is 5.60 Å². The monoisotopic (exact) mass is 376 g/mol. The Morgan fingerprint density at radius 2 is 1.78 bits per heavy atom. The summed E-state index contributed by atoms with van der Waals surface area (Å²) >= 11 is 7.89. The lowest BCUT2D eigenvalue weighted by Gasteiger charge is -2.25. The van der Waals surface area contributed by atoms with Gasteiger partial charge in [-0.1, -0.05) is 29.8 Å². The molecule has 0 aliphatic heterocycles. The average Bonchev–Trinajstić information content (AvgIpc) is 2.29. The van der Waals surface area contributed by atoms with Gasteiger partial charge in [0.25, 0.3) is 0 Å². The van der Waals surface area contributed by atoms with Crippen molar-refractivity contribution in [1.29, 1.82) is 0 Å². The molecule has 0 radical (unpaired) electrons. The van der Waals surface area contributed by atoms with Gasteiger partial charge in [0, 0.05) is 14.2 Å². The molecule has 2 rings (SSSR count). The van der Waals surface area contributed by atoms with E-state index >= 15 is 0 Å². The van der Waals surface area contributed by atoms with Crippen LogP contribution in [0.1, 0.15) is 18.1 Å². The van der Waals surface area contributed by atoms with E-state index in [9.17, 15) is 9.50 Å². The molecule has 2 aromatic rings. The standard InChI is InChI=1S/C14H11ClFIO/c1-14(18,9-2-5-11(17)6-3-9)12-7-4-10(15)8-13(12)16/h2-8,18H,1H3. The Hall–Kier alpha value is -0.650. The summed E-state index contributed by atoms with van der Waals surface area (Å²) in [5.74, 6) is -0.508. The third kappa shape index (κ3) is 2.68. The molecule has 0 bridgehead atoms. The second kappa shape index (κ2) is 5.15. The van der Waals surface area contributed by atoms with E-state index in [2.05, 4.69) is 22.6 Å². The van der Waals surface area contributed by atoms with Crippen LogP contribution in [0, 0.1) is 9.39 Å². The number of hydrogen-bond acceptors (Lipinski definition) is 1. The van der Waals surface area contributed by atoms with Gasteiger partial charge in [0.05, 0.1) is 0 Å². The molecule has 0 saturated heterocycles. The molecule has 0 saturated carbocycles. The fourth-order valence-corrected chi connectivity index (χ4v) is 2.33. The van der Waals surface area contributed by atoms with Crippen LogP contribution in [0.3, 0.4) is 0 Å². The molecule has 0 amide bonds. The van der Waals surface area contributed by atoms with Crippen molar-refractivity contribution in [2.24, 2.45) is 0 Å². The molecule has 0 aliphatic rings. The molecule has 1 nitrogen and oxygen atoms in total. The first-order valence-electron chi connectivity index (χ1n) is 5.35. The van der Waals surface area contributed by atoms with Gasteiger partial charge in [-0.15, -0.1) is 0 Å². The fourth-order valence-electron chi connectivity index (χ4n) is 1.81. The summed E-state index contributed by atoms with van der Waals surface area (Å²) in [7, 11) is 0. The zero-order valence-electron chi connectivity index (χ0n) is 9.62. The highest BCUT2D eigenvalue weighted by atomic mass is 127. The minimum absolute atomic E-state index is 0.216. The second-order valence-electron chi connectivity index (χ2n) is 4.20. The topological polar surface area (TPSA) is 20.2 Å². The van der Waals surface area contributed by atoms with Crippen molar-refractivity contribution in [3.05, 3.63) is 68.0 Å². The number of aliphatic hydroxyl groups is 1. The summed E-state index contributed by atoms with van der Waals surface area (Å²) in [6, 6.07) is 11.6. The first kappa shape index (κ1) is 13.8. The van der Waals surface area contributed by atoms with Gasteiger partial charge in [-0.25, -0.2) is 4.39 Å². The molecule has 4 heteroatoms. The van der Waals surface area contributed by atoms with Crippen molar-refractivity contribution in [1.82, 2.24) is 0 Å². The van der Waals surface area contributed by atoms with Crippen molar-refractivity contribution in [2.75, 3.05) is 0 Å². The molecule has 0 spiro atoms. The third-order valence-electron chi connectivity index (χ3n) is 2.86. The lowest BCUT2D eigenvalue weighted by molar-refractivity contribution is 0.0979. The number of benzene rings is 2. The number of halogens is 3. The first-order valence-corrected chi connectivity index (χ1v) is 6.81. The maximum Gasteiger partial charge on any atom is 0.131 e. The summed E-state index contributed by atoms with van der Waals surface area (Å²) < 4.78 is 14.9. The lowest BCUT2D eigenvalue weighted by atomic mass is 9.88. The predicted molar refractivity (Wildman–Crippen MR) is 79.2 cm³/mol. The van der Waals surface area contributed by atoms with Crippen molar-refractivity contribution in [3.8, 4) is 0 Å². The molecule has 2 aromatic carbocycles. The summed E-state index contributed by atoms with van der Waals surface area (Å²) in [4.78, 5) is 0. The van der Waals surface area contributed by atoms with E-state index in [0.29, 0.717) is 10.6 Å². The predicted octanol–water partition coefficient (Wildman–Crippen LogP) is 4.34. The highest BCUT2D eigenvalue weighted by Crippen LogP contribution is 2.32. The molecule has 1 N–H and O–H groups in total. The fraction of sp³-hybridized carbons (Fsp3) is 0.143. The van der Waals surface area contributed by atoms with E-state index in [-0.39, 0.29) is 5.56 Å². The Bertz CT molecular complexity index is 567. The zero-order valence-corrected chi connectivity index (χ0v) is 12.5. The Kier molecular flexibility index (Phi) is 3.94. The highest BCUT2D eigenvalue weighted by Gasteiger charge is 2.28. The van der Waals surface area contributed by atoms with Crippen LogP contribution in [0.15, 0.2) is 42.5 Å². The van der Waals surface area contributed by atoms with Gasteiger partial charge in [0.1, 0.15) is 11.4 Å². The van der Waals surface area contributed by atoms with Crippen molar-refractivity contribution in [3.63, 3.8) is 0 Å². The minimum Gasteiger partial charge on any atom is -0.381 e. The minimum atomic E-state index is -1.38. The first-order chi connectivity index (χ1) is 8.41. The molecule has 0 aromatic heterocycles. The molecular weight excluding hydrogens is 366 g/mol. The van der Waals surface area contributed by atoms with Crippen molar-refractivity contribution < 1.29 is 9.50 Å². The van der Waals surface area contributed by atoms with Crippen LogP contribution in [0.4, 0.5) is 4.39 Å². The van der Waals surface area contributed by atoms with Gasteiger partial charge in [-0.2, -0.15) is 0 Å². The van der Waals surface area contributed by atoms with Gasteiger partial charge >= 0.3 is 0 Å². The van der Waals surface area contributed by atoms with Gasteiger partial charge in [0.15, 0.2) is 0 Å². The zero-order chi connectivity index (χ0) is 13.3. The van der Waals surface area contributed by atoms with Crippen LogP contribution >= 0.6 is 34.2 Å². The number of hydrogen-bond donors (Lipinski definition) is 1. The molecule has 0 heterocycles. The van der Waals surface area contributed by atoms with E-state index in [0.717, 1.165) is 3.57 Å². The smallest absolute Gasteiger partial charge is 0.131 e. The number of rotatable bonds is 2. The van der Waals surface area contributed by atoms with E-state index in [1.165, 1.54) is 12.1 Å². The molecule has 18 heavy (non-hydrogen) atoms. The third-order valence-corrected chi connectivity index (χ3v) is 3.82. The molecular formula is C14H11ClFIO. The summed E-state index contributed by atoms with van der Waals surface area (Å²) in [5.41, 5.74) is -0.517. The normalized spacial score (nSPS) is 14.3. The summed E-state index contributed by atoms with van der Waals surface area (Å²) in [6.07, 6.45) is 0. The van der Waals surface area contributed by atoms with Gasteiger partial charge in [-0.05, 0) is 59.3 Å². The largest absolute Gasteiger partial charge is 0.381 e. The maximum absolute atomic E-state index is 13.9. The van der Waals surface area contributed by atoms with Crippen molar-refractivity contribution >= 4 is 34.2 Å². The van der Waals surface area contributed by atoms with Crippen LogP contribution in [0.2, 0.25) is 5.02 Å². The highest BCUT2D eigenvalue weighted by molar-refractivity contribution is 14.1. The second-order valence-corrected chi connectivity index (χ2v) is 5.89. The lowest BCUT2D eigenvalue weighted by Crippen LogP contribution is -2.24. The Labute approximate surface area is 124 Å². The average molecular weight is 377 g/mol. The van der Waals surface area contributed by atoms with Gasteiger partial charge in [-0.3, -0.25) is 0 Å². The molecule has 1 atom stereocenters. The molecule has 94 valence electrons. The van der Waals surface area contributed by atoms with Crippen molar-refractivity contribution in [2.45, 2.75) is 12.5 Å². The Morgan fingerprint density at radius 3 is 2.33 bits per heavy atom. The van der Waals surface area contributed by atoms with E-state index < -0.39 is 11.4 Å². The van der Waals surface area contributed by atoms with Crippen LogP contribution in [0.25, 0.3) is 0 Å². The Balaban J connectivity index is 2.50. The van der Waals surface area contributed by atoms with Crippen LogP contribution in [0.5, 0.6) is 0 Å². The van der Waals surface area contributed by atoms with E-state index in [4.69, 9.17) is 11.6 Å². The van der Waals surface area contributed by atoms with E-state index in [1.54, 1.807) is 25.1 Å². The van der Waals surface area contributed by atoms with Crippen LogP contribution in [-0.4, -0.2) is 5.11 Å². The molecule has 0 aliphatic carbocycles. The van der Waals surface area contributed by atoms with E-state index in [1.807, 2.05) is 12.1 Å². The molecule has 0 fully saturated rings. The van der Waals surface area contributed by atoms with Crippen LogP contribution < -0.4 is 0 Å². The summed E-state index contributed by atoms with van der Waals surface area (Å²) in [5, 5.41) is 10.8. The maximum atomic E-state index is 13.9. The molecule has 1 unspecified atom stereocenters.